The third kappa shape index (κ3) is 6.28. The number of likely N-dealkylation sites (N-methyl/N-ethyl adjacent to an activating group) is 1. The van der Waals surface area contributed by atoms with Crippen LogP contribution in [0.15, 0.2) is 81.1 Å². The molecule has 8 heteroatoms. The fraction of sp³-hybridized carbons (Fsp3) is 0.267. The van der Waals surface area contributed by atoms with Gasteiger partial charge in [0.2, 0.25) is 0 Å². The lowest BCUT2D eigenvalue weighted by Crippen LogP contribution is -2.29. The molecule has 38 heavy (non-hydrogen) atoms. The van der Waals surface area contributed by atoms with Crippen molar-refractivity contribution in [2.24, 2.45) is 4.99 Å². The van der Waals surface area contributed by atoms with Crippen molar-refractivity contribution in [1.82, 2.24) is 4.90 Å². The Hall–Kier alpha value is -2.74. The normalized spacial score (nSPS) is 18.0. The molecule has 0 saturated carbocycles. The van der Waals surface area contributed by atoms with E-state index in [1.165, 1.54) is 36.7 Å². The Morgan fingerprint density at radius 2 is 1.82 bits per heavy atom. The highest BCUT2D eigenvalue weighted by Gasteiger charge is 2.32. The van der Waals surface area contributed by atoms with Gasteiger partial charge in [-0.25, -0.2) is 4.99 Å². The van der Waals surface area contributed by atoms with Crippen LogP contribution in [0, 0.1) is 0 Å². The molecule has 196 valence electrons. The van der Waals surface area contributed by atoms with Crippen LogP contribution in [0.25, 0.3) is 6.08 Å². The average molecular weight is 611 g/mol. The topological polar surface area (TPSA) is 45.1 Å². The van der Waals surface area contributed by atoms with Gasteiger partial charge in [-0.15, -0.1) is 0 Å². The summed E-state index contributed by atoms with van der Waals surface area (Å²) in [5, 5.41) is 1.34. The van der Waals surface area contributed by atoms with E-state index in [0.717, 1.165) is 34.4 Å². The second kappa shape index (κ2) is 12.4. The van der Waals surface area contributed by atoms with Gasteiger partial charge >= 0.3 is 0 Å². The molecule has 2 fully saturated rings. The number of benzene rings is 3. The number of amides is 1. The van der Waals surface area contributed by atoms with Gasteiger partial charge in [-0.1, -0.05) is 45.7 Å². The van der Waals surface area contributed by atoms with Gasteiger partial charge in [-0.05, 0) is 92.6 Å². The molecule has 0 spiro atoms. The van der Waals surface area contributed by atoms with E-state index in [0.29, 0.717) is 34.0 Å². The van der Waals surface area contributed by atoms with Crippen LogP contribution in [0.5, 0.6) is 5.75 Å². The number of piperidine rings is 1. The van der Waals surface area contributed by atoms with E-state index in [1.54, 1.807) is 4.90 Å². The maximum Gasteiger partial charge on any atom is 0.266 e. The van der Waals surface area contributed by atoms with Crippen molar-refractivity contribution in [2.75, 3.05) is 24.5 Å². The number of thioether (sulfide) groups is 1. The first kappa shape index (κ1) is 26.9. The van der Waals surface area contributed by atoms with Crippen LogP contribution < -0.4 is 9.64 Å². The van der Waals surface area contributed by atoms with Crippen molar-refractivity contribution in [3.8, 4) is 5.75 Å². The third-order valence-corrected chi connectivity index (χ3v) is 8.47. The number of aliphatic imine (C=N–C) groups is 1. The van der Waals surface area contributed by atoms with E-state index >= 15 is 0 Å². The maximum atomic E-state index is 13.3. The number of hydrogen-bond donors (Lipinski definition) is 0. The van der Waals surface area contributed by atoms with Gasteiger partial charge in [0.25, 0.3) is 5.91 Å². The fourth-order valence-electron chi connectivity index (χ4n) is 4.55. The van der Waals surface area contributed by atoms with Gasteiger partial charge < -0.3 is 9.64 Å². The zero-order valence-corrected chi connectivity index (χ0v) is 24.4. The predicted octanol–water partition coefficient (Wildman–Crippen LogP) is 8.30. The number of ether oxygens (including phenoxy) is 1. The Morgan fingerprint density at radius 1 is 1.05 bits per heavy atom. The summed E-state index contributed by atoms with van der Waals surface area (Å²) in [4.78, 5) is 22.9. The quantitative estimate of drug-likeness (QED) is 0.253. The van der Waals surface area contributed by atoms with Crippen LogP contribution >= 0.6 is 39.3 Å². The zero-order chi connectivity index (χ0) is 26.5. The molecular formula is C30H29BrClN3O2S. The molecule has 3 aromatic carbocycles. The van der Waals surface area contributed by atoms with Gasteiger partial charge in [0.05, 0.1) is 10.6 Å². The average Bonchev–Trinajstić information content (AvgIpc) is 3.23. The number of amidine groups is 1. The summed E-state index contributed by atoms with van der Waals surface area (Å²) >= 11 is 11.2. The molecule has 0 aliphatic carbocycles. The van der Waals surface area contributed by atoms with Gasteiger partial charge in [0.1, 0.15) is 12.4 Å². The summed E-state index contributed by atoms with van der Waals surface area (Å²) in [6.45, 7) is 5.06. The van der Waals surface area contributed by atoms with E-state index in [4.69, 9.17) is 21.3 Å². The minimum Gasteiger partial charge on any atom is -0.488 e. The number of hydrogen-bond acceptors (Lipinski definition) is 5. The molecule has 0 atom stereocenters. The Bertz CT molecular complexity index is 1370. The highest BCUT2D eigenvalue weighted by atomic mass is 79.9. The number of rotatable bonds is 7. The van der Waals surface area contributed by atoms with E-state index in [1.807, 2.05) is 67.6 Å². The lowest BCUT2D eigenvalue weighted by molar-refractivity contribution is -0.122. The van der Waals surface area contributed by atoms with Crippen LogP contribution in [0.2, 0.25) is 5.02 Å². The van der Waals surface area contributed by atoms with E-state index in [-0.39, 0.29) is 5.91 Å². The predicted molar refractivity (Wildman–Crippen MR) is 162 cm³/mol. The van der Waals surface area contributed by atoms with Gasteiger partial charge in [-0.3, -0.25) is 9.69 Å². The molecule has 0 radical (unpaired) electrons. The molecule has 1 amide bonds. The number of halogens is 2. The largest absolute Gasteiger partial charge is 0.488 e. The second-order valence-electron chi connectivity index (χ2n) is 9.18. The van der Waals surface area contributed by atoms with E-state index < -0.39 is 0 Å². The van der Waals surface area contributed by atoms with Crippen molar-refractivity contribution >= 4 is 67.8 Å². The van der Waals surface area contributed by atoms with Crippen LogP contribution in [-0.4, -0.2) is 35.6 Å². The number of nitrogens with zero attached hydrogens (tertiary/aromatic N) is 3. The summed E-state index contributed by atoms with van der Waals surface area (Å²) in [6.07, 6.45) is 5.68. The highest BCUT2D eigenvalue weighted by Crippen LogP contribution is 2.37. The lowest BCUT2D eigenvalue weighted by atomic mass is 10.1. The van der Waals surface area contributed by atoms with Crippen molar-refractivity contribution in [1.29, 1.82) is 0 Å². The SMILES string of the molecule is CCN1C(=O)/C(=C/c2cc(Br)ccc2OCc2ccccc2Cl)SC1=Nc1ccc(N2CCCCC2)cc1. The van der Waals surface area contributed by atoms with E-state index in [9.17, 15) is 4.79 Å². The standard InChI is InChI=1S/C30H29BrClN3O2S/c1-2-35-29(36)28(38-30(35)33-24-11-13-25(14-12-24)34-16-6-3-7-17-34)19-22-18-23(31)10-15-27(22)37-20-21-8-4-5-9-26(21)32/h4-5,8-15,18-19H,2-3,6-7,16-17,20H2,1H3/b28-19-,33-30?. The number of carbonyl (C=O) groups is 1. The van der Waals surface area contributed by atoms with Crippen LogP contribution in [0.3, 0.4) is 0 Å². The molecule has 2 aliphatic rings. The lowest BCUT2D eigenvalue weighted by Gasteiger charge is -2.28. The molecular weight excluding hydrogens is 582 g/mol. The van der Waals surface area contributed by atoms with Gasteiger partial charge in [-0.2, -0.15) is 0 Å². The molecule has 0 unspecified atom stereocenters. The molecule has 2 aliphatic heterocycles. The minimum atomic E-state index is -0.0572. The molecule has 2 heterocycles. The molecule has 5 nitrogen and oxygen atoms in total. The number of anilines is 1. The zero-order valence-electron chi connectivity index (χ0n) is 21.2. The highest BCUT2D eigenvalue weighted by molar-refractivity contribution is 9.10. The smallest absolute Gasteiger partial charge is 0.266 e. The molecule has 5 rings (SSSR count). The Balaban J connectivity index is 1.37. The first-order valence-corrected chi connectivity index (χ1v) is 14.8. The minimum absolute atomic E-state index is 0.0572. The first-order chi connectivity index (χ1) is 18.5. The Morgan fingerprint density at radius 3 is 2.55 bits per heavy atom. The van der Waals surface area contributed by atoms with Gasteiger partial charge in [0.15, 0.2) is 5.17 Å². The third-order valence-electron chi connectivity index (χ3n) is 6.60. The molecule has 0 aromatic heterocycles. The molecule has 2 saturated heterocycles. The summed E-state index contributed by atoms with van der Waals surface area (Å²) < 4.78 is 7.03. The Kier molecular flexibility index (Phi) is 8.77. The monoisotopic (exact) mass is 609 g/mol. The van der Waals surface area contributed by atoms with Crippen molar-refractivity contribution < 1.29 is 9.53 Å². The molecule has 0 bridgehead atoms. The van der Waals surface area contributed by atoms with Crippen LogP contribution in [0.1, 0.15) is 37.3 Å². The first-order valence-electron chi connectivity index (χ1n) is 12.8. The molecule has 3 aromatic rings. The van der Waals surface area contributed by atoms with Crippen molar-refractivity contribution in [3.63, 3.8) is 0 Å². The summed E-state index contributed by atoms with van der Waals surface area (Å²) in [5.41, 5.74) is 3.79. The number of carbonyl (C=O) groups excluding carboxylic acids is 1. The summed E-state index contributed by atoms with van der Waals surface area (Å²) in [7, 11) is 0. The summed E-state index contributed by atoms with van der Waals surface area (Å²) in [5.74, 6) is 0.619. The second-order valence-corrected chi connectivity index (χ2v) is 11.5. The van der Waals surface area contributed by atoms with Crippen LogP contribution in [0.4, 0.5) is 11.4 Å². The maximum absolute atomic E-state index is 13.3. The fourth-order valence-corrected chi connectivity index (χ4v) is 6.17. The molecule has 0 N–H and O–H groups in total. The summed E-state index contributed by atoms with van der Waals surface area (Å²) in [6, 6.07) is 21.7. The van der Waals surface area contributed by atoms with Crippen LogP contribution in [-0.2, 0) is 11.4 Å². The van der Waals surface area contributed by atoms with E-state index in [2.05, 4.69) is 33.0 Å². The van der Waals surface area contributed by atoms with Gasteiger partial charge in [0, 0.05) is 45.9 Å². The van der Waals surface area contributed by atoms with Crippen molar-refractivity contribution in [2.45, 2.75) is 32.8 Å². The van der Waals surface area contributed by atoms with Crippen molar-refractivity contribution in [3.05, 3.63) is 92.3 Å². The Labute approximate surface area is 241 Å².